The quantitative estimate of drug-likeness (QED) is 0.847. The van der Waals surface area contributed by atoms with Crippen LogP contribution in [0.5, 0.6) is 0 Å². The molecular weight excluding hydrogens is 234 g/mol. The Bertz CT molecular complexity index is 367. The molecule has 0 aliphatic heterocycles. The van der Waals surface area contributed by atoms with Gasteiger partial charge in [-0.3, -0.25) is 4.98 Å². The number of nitrogens with zero attached hydrogens (tertiary/aromatic N) is 2. The van der Waals surface area contributed by atoms with Crippen LogP contribution in [0.3, 0.4) is 0 Å². The summed E-state index contributed by atoms with van der Waals surface area (Å²) in [5.74, 6) is 0. The van der Waals surface area contributed by atoms with Gasteiger partial charge >= 0.3 is 0 Å². The largest absolute Gasteiger partial charge is 0.326 e. The van der Waals surface area contributed by atoms with Crippen molar-refractivity contribution < 1.29 is 0 Å². The third kappa shape index (κ3) is 3.34. The van der Waals surface area contributed by atoms with Crippen molar-refractivity contribution in [1.29, 1.82) is 0 Å². The summed E-state index contributed by atoms with van der Waals surface area (Å²) in [5, 5.41) is 0. The number of hydrogen-bond donors (Lipinski definition) is 1. The van der Waals surface area contributed by atoms with Gasteiger partial charge in [-0.25, -0.2) is 0 Å². The van der Waals surface area contributed by atoms with Gasteiger partial charge in [0.2, 0.25) is 0 Å². The first-order valence-electron chi connectivity index (χ1n) is 7.47. The van der Waals surface area contributed by atoms with E-state index in [1.807, 2.05) is 18.5 Å². The maximum atomic E-state index is 6.62. The maximum absolute atomic E-state index is 6.62. The Morgan fingerprint density at radius 2 is 1.95 bits per heavy atom. The van der Waals surface area contributed by atoms with E-state index in [-0.39, 0.29) is 11.6 Å². The molecule has 0 aromatic carbocycles. The lowest BCUT2D eigenvalue weighted by atomic mass is 9.79. The fraction of sp³-hybridized carbons (Fsp3) is 0.688. The number of rotatable bonds is 4. The van der Waals surface area contributed by atoms with Crippen LogP contribution in [0.4, 0.5) is 0 Å². The molecule has 1 aromatic rings. The average Bonchev–Trinajstić information content (AvgIpc) is 2.66. The predicted octanol–water partition coefficient (Wildman–Crippen LogP) is 2.61. The highest BCUT2D eigenvalue weighted by atomic mass is 15.2. The van der Waals surface area contributed by atoms with Gasteiger partial charge in [0.1, 0.15) is 0 Å². The van der Waals surface area contributed by atoms with Gasteiger partial charge in [-0.15, -0.1) is 0 Å². The first kappa shape index (κ1) is 14.5. The van der Waals surface area contributed by atoms with Crippen molar-refractivity contribution in [3.8, 4) is 0 Å². The molecule has 1 aliphatic carbocycles. The summed E-state index contributed by atoms with van der Waals surface area (Å²) in [4.78, 5) is 6.57. The van der Waals surface area contributed by atoms with E-state index in [1.165, 1.54) is 44.1 Å². The summed E-state index contributed by atoms with van der Waals surface area (Å²) in [6.45, 7) is 0. The van der Waals surface area contributed by atoms with Crippen molar-refractivity contribution in [1.82, 2.24) is 9.88 Å². The molecule has 0 saturated heterocycles. The molecule has 19 heavy (non-hydrogen) atoms. The first-order valence-corrected chi connectivity index (χ1v) is 7.47. The zero-order valence-electron chi connectivity index (χ0n) is 12.3. The van der Waals surface area contributed by atoms with Crippen molar-refractivity contribution >= 4 is 0 Å². The van der Waals surface area contributed by atoms with Crippen molar-refractivity contribution in [2.75, 3.05) is 14.1 Å². The second-order valence-electron chi connectivity index (χ2n) is 6.08. The summed E-state index contributed by atoms with van der Waals surface area (Å²) in [6.07, 6.45) is 12.5. The molecule has 0 radical (unpaired) electrons. The van der Waals surface area contributed by atoms with Crippen LogP contribution in [0.25, 0.3) is 0 Å². The van der Waals surface area contributed by atoms with Gasteiger partial charge in [0, 0.05) is 24.0 Å². The number of nitrogens with two attached hydrogens (primary N) is 1. The Labute approximate surface area is 117 Å². The molecule has 0 bridgehead atoms. The van der Waals surface area contributed by atoms with E-state index < -0.39 is 0 Å². The van der Waals surface area contributed by atoms with Crippen LogP contribution in [0.1, 0.15) is 44.1 Å². The molecule has 3 heteroatoms. The van der Waals surface area contributed by atoms with E-state index in [1.54, 1.807) is 0 Å². The van der Waals surface area contributed by atoms with Gasteiger partial charge < -0.3 is 10.6 Å². The van der Waals surface area contributed by atoms with Gasteiger partial charge in [0.15, 0.2) is 0 Å². The smallest absolute Gasteiger partial charge is 0.0357 e. The lowest BCUT2D eigenvalue weighted by Gasteiger charge is -2.44. The van der Waals surface area contributed by atoms with Gasteiger partial charge in [0.05, 0.1) is 0 Å². The van der Waals surface area contributed by atoms with Gasteiger partial charge in [0.25, 0.3) is 0 Å². The zero-order valence-corrected chi connectivity index (χ0v) is 12.3. The highest BCUT2D eigenvalue weighted by molar-refractivity contribution is 5.13. The highest BCUT2D eigenvalue weighted by Crippen LogP contribution is 2.34. The summed E-state index contributed by atoms with van der Waals surface area (Å²) in [6, 6.07) is 4.31. The van der Waals surface area contributed by atoms with Crippen LogP contribution >= 0.6 is 0 Å². The normalized spacial score (nSPS) is 21.1. The average molecular weight is 261 g/mol. The fourth-order valence-corrected chi connectivity index (χ4v) is 3.45. The van der Waals surface area contributed by atoms with Crippen LogP contribution in [0.2, 0.25) is 0 Å². The standard InChI is InChI=1S/C16H27N3/c1-19(2)16(9-5-3-4-6-10-16)15(17)12-14-8-7-11-18-13-14/h7-8,11,13,15H,3-6,9-10,12,17H2,1-2H3. The molecule has 2 N–H and O–H groups in total. The van der Waals surface area contributed by atoms with E-state index in [2.05, 4.69) is 30.0 Å². The monoisotopic (exact) mass is 261 g/mol. The molecule has 0 amide bonds. The molecule has 2 rings (SSSR count). The maximum Gasteiger partial charge on any atom is 0.0357 e. The van der Waals surface area contributed by atoms with Crippen molar-refractivity contribution in [2.45, 2.75) is 56.5 Å². The minimum absolute atomic E-state index is 0.159. The van der Waals surface area contributed by atoms with E-state index in [0.717, 1.165) is 6.42 Å². The highest BCUT2D eigenvalue weighted by Gasteiger charge is 2.38. The van der Waals surface area contributed by atoms with Crippen LogP contribution in [0, 0.1) is 0 Å². The second-order valence-corrected chi connectivity index (χ2v) is 6.08. The lowest BCUT2D eigenvalue weighted by molar-refractivity contribution is 0.0968. The van der Waals surface area contributed by atoms with Crippen LogP contribution in [-0.2, 0) is 6.42 Å². The summed E-state index contributed by atoms with van der Waals surface area (Å²) >= 11 is 0. The third-order valence-electron chi connectivity index (χ3n) is 4.73. The minimum atomic E-state index is 0.159. The SMILES string of the molecule is CN(C)C1(C(N)Cc2cccnc2)CCCCCC1. The summed E-state index contributed by atoms with van der Waals surface area (Å²) < 4.78 is 0. The first-order chi connectivity index (χ1) is 9.15. The molecule has 1 heterocycles. The molecule has 1 atom stereocenters. The minimum Gasteiger partial charge on any atom is -0.326 e. The summed E-state index contributed by atoms with van der Waals surface area (Å²) in [5.41, 5.74) is 8.03. The topological polar surface area (TPSA) is 42.1 Å². The Hall–Kier alpha value is -0.930. The Balaban J connectivity index is 2.13. The predicted molar refractivity (Wildman–Crippen MR) is 80.0 cm³/mol. The molecule has 1 aromatic heterocycles. The van der Waals surface area contributed by atoms with Crippen LogP contribution in [-0.4, -0.2) is 35.6 Å². The number of aromatic nitrogens is 1. The van der Waals surface area contributed by atoms with Crippen LogP contribution < -0.4 is 5.73 Å². The Morgan fingerprint density at radius 3 is 2.47 bits per heavy atom. The van der Waals surface area contributed by atoms with Crippen molar-refractivity contribution in [3.63, 3.8) is 0 Å². The molecule has 1 saturated carbocycles. The van der Waals surface area contributed by atoms with E-state index in [9.17, 15) is 0 Å². The summed E-state index contributed by atoms with van der Waals surface area (Å²) in [7, 11) is 4.38. The molecule has 0 spiro atoms. The van der Waals surface area contributed by atoms with Crippen molar-refractivity contribution in [3.05, 3.63) is 30.1 Å². The molecule has 3 nitrogen and oxygen atoms in total. The van der Waals surface area contributed by atoms with Gasteiger partial charge in [-0.05, 0) is 45.0 Å². The molecule has 1 aliphatic rings. The van der Waals surface area contributed by atoms with E-state index >= 15 is 0 Å². The Morgan fingerprint density at radius 1 is 1.26 bits per heavy atom. The molecule has 1 fully saturated rings. The van der Waals surface area contributed by atoms with Gasteiger partial charge in [-0.1, -0.05) is 31.7 Å². The number of hydrogen-bond acceptors (Lipinski definition) is 3. The third-order valence-corrected chi connectivity index (χ3v) is 4.73. The Kier molecular flexibility index (Phi) is 4.94. The zero-order chi connectivity index (χ0) is 13.7. The second kappa shape index (κ2) is 6.49. The molecule has 106 valence electrons. The van der Waals surface area contributed by atoms with Crippen LogP contribution in [0.15, 0.2) is 24.5 Å². The number of pyridine rings is 1. The molecular formula is C16H27N3. The number of likely N-dealkylation sites (N-methyl/N-ethyl adjacent to an activating group) is 1. The fourth-order valence-electron chi connectivity index (χ4n) is 3.45. The lowest BCUT2D eigenvalue weighted by Crippen LogP contribution is -2.58. The molecule has 1 unspecified atom stereocenters. The van der Waals surface area contributed by atoms with Gasteiger partial charge in [-0.2, -0.15) is 0 Å². The van der Waals surface area contributed by atoms with Crippen molar-refractivity contribution in [2.24, 2.45) is 5.73 Å². The van der Waals surface area contributed by atoms with E-state index in [0.29, 0.717) is 0 Å². The van der Waals surface area contributed by atoms with E-state index in [4.69, 9.17) is 5.73 Å².